The van der Waals surface area contributed by atoms with E-state index in [2.05, 4.69) is 21.3 Å². The molecule has 1 aliphatic heterocycles. The lowest BCUT2D eigenvalue weighted by atomic mass is 10.0. The molecule has 1 saturated heterocycles. The topological polar surface area (TPSA) is 58.6 Å². The molecule has 5 nitrogen and oxygen atoms in total. The fourth-order valence-electron chi connectivity index (χ4n) is 2.92. The average molecular weight is 380 g/mol. The highest BCUT2D eigenvalue weighted by Crippen LogP contribution is 2.24. The highest BCUT2D eigenvalue weighted by Gasteiger charge is 2.31. The molecule has 0 bridgehead atoms. The minimum absolute atomic E-state index is 0.234. The monoisotopic (exact) mass is 380 g/mol. The SMILES string of the molecule is C[C@@H]1CCCN(CCCNS(=O)(=O)c2cccc(OC(F)(F)F)c2)C1. The van der Waals surface area contributed by atoms with Gasteiger partial charge in [0, 0.05) is 19.2 Å². The molecular weight excluding hydrogens is 357 g/mol. The van der Waals surface area contributed by atoms with Crippen molar-refractivity contribution < 1.29 is 26.3 Å². The van der Waals surface area contributed by atoms with Crippen LogP contribution < -0.4 is 9.46 Å². The average Bonchev–Trinajstić information content (AvgIpc) is 2.50. The number of benzene rings is 1. The molecule has 25 heavy (non-hydrogen) atoms. The number of piperidine rings is 1. The molecule has 0 unspecified atom stereocenters. The number of ether oxygens (including phenoxy) is 1. The second kappa shape index (κ2) is 8.37. The Kier molecular flexibility index (Phi) is 6.70. The van der Waals surface area contributed by atoms with Crippen LogP contribution in [0.2, 0.25) is 0 Å². The van der Waals surface area contributed by atoms with Crippen LogP contribution in [0.15, 0.2) is 29.2 Å². The number of rotatable bonds is 7. The van der Waals surface area contributed by atoms with E-state index in [1.54, 1.807) is 0 Å². The first kappa shape index (κ1) is 20.0. The Bertz CT molecular complexity index is 665. The van der Waals surface area contributed by atoms with Crippen LogP contribution in [0, 0.1) is 5.92 Å². The van der Waals surface area contributed by atoms with Crippen LogP contribution in [0.4, 0.5) is 13.2 Å². The van der Waals surface area contributed by atoms with Crippen LogP contribution in [-0.2, 0) is 10.0 Å². The fraction of sp³-hybridized carbons (Fsp3) is 0.625. The van der Waals surface area contributed by atoms with Gasteiger partial charge in [0.15, 0.2) is 0 Å². The van der Waals surface area contributed by atoms with E-state index in [-0.39, 0.29) is 11.4 Å². The van der Waals surface area contributed by atoms with Gasteiger partial charge in [0.25, 0.3) is 0 Å². The summed E-state index contributed by atoms with van der Waals surface area (Å²) >= 11 is 0. The molecule has 0 amide bonds. The molecule has 1 aromatic carbocycles. The summed E-state index contributed by atoms with van der Waals surface area (Å²) in [5.41, 5.74) is 0. The molecule has 1 heterocycles. The van der Waals surface area contributed by atoms with Gasteiger partial charge < -0.3 is 9.64 Å². The summed E-state index contributed by atoms with van der Waals surface area (Å²) in [6.07, 6.45) is -1.84. The van der Waals surface area contributed by atoms with E-state index in [0.29, 0.717) is 12.3 Å². The first-order valence-corrected chi connectivity index (χ1v) is 9.72. The van der Waals surface area contributed by atoms with Gasteiger partial charge in [-0.15, -0.1) is 13.2 Å². The molecule has 1 aromatic rings. The van der Waals surface area contributed by atoms with Crippen molar-refractivity contribution in [2.24, 2.45) is 5.92 Å². The molecule has 142 valence electrons. The number of nitrogens with one attached hydrogen (secondary N) is 1. The zero-order valence-electron chi connectivity index (χ0n) is 14.1. The summed E-state index contributed by atoms with van der Waals surface area (Å²) in [6, 6.07) is 4.37. The fourth-order valence-corrected chi connectivity index (χ4v) is 4.03. The quantitative estimate of drug-likeness (QED) is 0.739. The number of sulfonamides is 1. The molecule has 0 spiro atoms. The lowest BCUT2D eigenvalue weighted by Crippen LogP contribution is -2.36. The molecule has 0 radical (unpaired) electrons. The van der Waals surface area contributed by atoms with Crippen molar-refractivity contribution in [2.45, 2.75) is 37.4 Å². The third-order valence-corrected chi connectivity index (χ3v) is 5.49. The summed E-state index contributed by atoms with van der Waals surface area (Å²) in [5.74, 6) is 0.0968. The third-order valence-electron chi connectivity index (χ3n) is 4.03. The van der Waals surface area contributed by atoms with Crippen molar-refractivity contribution >= 4 is 10.0 Å². The van der Waals surface area contributed by atoms with Crippen molar-refractivity contribution in [1.82, 2.24) is 9.62 Å². The Morgan fingerprint density at radius 2 is 2.12 bits per heavy atom. The van der Waals surface area contributed by atoms with Gasteiger partial charge in [0.05, 0.1) is 4.90 Å². The Morgan fingerprint density at radius 3 is 2.80 bits per heavy atom. The van der Waals surface area contributed by atoms with Crippen LogP contribution in [0.1, 0.15) is 26.2 Å². The molecule has 9 heteroatoms. The Morgan fingerprint density at radius 1 is 1.36 bits per heavy atom. The van der Waals surface area contributed by atoms with Crippen molar-refractivity contribution in [2.75, 3.05) is 26.2 Å². The number of hydrogen-bond donors (Lipinski definition) is 1. The van der Waals surface area contributed by atoms with Crippen molar-refractivity contribution in [1.29, 1.82) is 0 Å². The summed E-state index contributed by atoms with van der Waals surface area (Å²) in [6.45, 7) is 5.27. The molecule has 0 saturated carbocycles. The van der Waals surface area contributed by atoms with Crippen LogP contribution in [0.3, 0.4) is 0 Å². The number of halogens is 3. The maximum atomic E-state index is 12.2. The van der Waals surface area contributed by atoms with Gasteiger partial charge in [-0.1, -0.05) is 13.0 Å². The van der Waals surface area contributed by atoms with Gasteiger partial charge in [0.2, 0.25) is 10.0 Å². The maximum absolute atomic E-state index is 12.2. The van der Waals surface area contributed by atoms with E-state index in [4.69, 9.17) is 0 Å². The zero-order chi connectivity index (χ0) is 18.5. The van der Waals surface area contributed by atoms with E-state index in [1.807, 2.05) is 0 Å². The van der Waals surface area contributed by atoms with E-state index in [9.17, 15) is 21.6 Å². The Labute approximate surface area is 146 Å². The molecule has 1 N–H and O–H groups in total. The van der Waals surface area contributed by atoms with Crippen molar-refractivity contribution in [3.63, 3.8) is 0 Å². The molecule has 1 fully saturated rings. The van der Waals surface area contributed by atoms with Crippen LogP contribution in [0.25, 0.3) is 0 Å². The van der Waals surface area contributed by atoms with Crippen LogP contribution in [-0.4, -0.2) is 45.9 Å². The van der Waals surface area contributed by atoms with E-state index in [1.165, 1.54) is 18.6 Å². The van der Waals surface area contributed by atoms with Gasteiger partial charge in [-0.25, -0.2) is 13.1 Å². The lowest BCUT2D eigenvalue weighted by Gasteiger charge is -2.30. The Hall–Kier alpha value is -1.32. The summed E-state index contributed by atoms with van der Waals surface area (Å²) in [4.78, 5) is 2.06. The van der Waals surface area contributed by atoms with Crippen LogP contribution >= 0.6 is 0 Å². The predicted octanol–water partition coefficient (Wildman–Crippen LogP) is 2.99. The smallest absolute Gasteiger partial charge is 0.406 e. The standard InChI is InChI=1S/C16H23F3N2O3S/c1-13-5-3-9-21(12-13)10-4-8-20-25(22,23)15-7-2-6-14(11-15)24-16(17,18)19/h2,6-7,11,13,20H,3-5,8-10,12H2,1H3/t13-/m1/s1. The molecule has 0 aromatic heterocycles. The second-order valence-corrected chi connectivity index (χ2v) is 8.09. The highest BCUT2D eigenvalue weighted by atomic mass is 32.2. The molecule has 2 rings (SSSR count). The van der Waals surface area contributed by atoms with E-state index < -0.39 is 22.1 Å². The van der Waals surface area contributed by atoms with E-state index >= 15 is 0 Å². The van der Waals surface area contributed by atoms with Crippen molar-refractivity contribution in [3.8, 4) is 5.75 Å². The van der Waals surface area contributed by atoms with Crippen molar-refractivity contribution in [3.05, 3.63) is 24.3 Å². The largest absolute Gasteiger partial charge is 0.573 e. The zero-order valence-corrected chi connectivity index (χ0v) is 14.9. The number of alkyl halides is 3. The minimum Gasteiger partial charge on any atom is -0.406 e. The third kappa shape index (κ3) is 6.83. The summed E-state index contributed by atoms with van der Waals surface area (Å²) in [5, 5.41) is 0. The normalized spacial score (nSPS) is 19.8. The second-order valence-electron chi connectivity index (χ2n) is 6.32. The number of hydrogen-bond acceptors (Lipinski definition) is 4. The lowest BCUT2D eigenvalue weighted by molar-refractivity contribution is -0.274. The maximum Gasteiger partial charge on any atom is 0.573 e. The first-order chi connectivity index (χ1) is 11.7. The van der Waals surface area contributed by atoms with E-state index in [0.717, 1.165) is 38.2 Å². The minimum atomic E-state index is -4.86. The molecular formula is C16H23F3N2O3S. The number of nitrogens with zero attached hydrogens (tertiary/aromatic N) is 1. The summed E-state index contributed by atoms with van der Waals surface area (Å²) in [7, 11) is -3.87. The summed E-state index contributed by atoms with van der Waals surface area (Å²) < 4.78 is 67.3. The molecule has 0 aliphatic carbocycles. The van der Waals surface area contributed by atoms with Gasteiger partial charge in [-0.2, -0.15) is 0 Å². The first-order valence-electron chi connectivity index (χ1n) is 8.23. The van der Waals surface area contributed by atoms with Crippen LogP contribution in [0.5, 0.6) is 5.75 Å². The van der Waals surface area contributed by atoms with Gasteiger partial charge in [0.1, 0.15) is 5.75 Å². The highest BCUT2D eigenvalue weighted by molar-refractivity contribution is 7.89. The molecule has 1 atom stereocenters. The predicted molar refractivity (Wildman–Crippen MR) is 87.8 cm³/mol. The van der Waals surface area contributed by atoms with Gasteiger partial charge >= 0.3 is 6.36 Å². The number of likely N-dealkylation sites (tertiary alicyclic amines) is 1. The van der Waals surface area contributed by atoms with Gasteiger partial charge in [-0.3, -0.25) is 0 Å². The van der Waals surface area contributed by atoms with Gasteiger partial charge in [-0.05, 0) is 50.4 Å². The molecule has 1 aliphatic rings. The Balaban J connectivity index is 1.85.